The molecule has 114 heavy (non-hydrogen) atoms. The lowest BCUT2D eigenvalue weighted by atomic mass is 9.78. The molecular weight excluding hydrogens is 1420 g/mol. The summed E-state index contributed by atoms with van der Waals surface area (Å²) in [5.41, 5.74) is 36.6. The van der Waals surface area contributed by atoms with Crippen molar-refractivity contribution >= 4 is 72.6 Å². The summed E-state index contributed by atoms with van der Waals surface area (Å²) in [5, 5.41) is 3.29. The first kappa shape index (κ1) is 72.3. The predicted molar refractivity (Wildman–Crippen MR) is 455 cm³/mol. The van der Waals surface area contributed by atoms with Gasteiger partial charge in [-0.05, 0) is 88.5 Å². The normalized spacial score (nSPS) is 20.5. The van der Waals surface area contributed by atoms with Crippen LogP contribution in [0.5, 0.6) is 0 Å². The second-order valence-corrected chi connectivity index (χ2v) is 31.8. The van der Waals surface area contributed by atoms with Gasteiger partial charge in [0.15, 0.2) is 0 Å². The van der Waals surface area contributed by atoms with E-state index in [2.05, 4.69) is 194 Å². The fourth-order valence-electron chi connectivity index (χ4n) is 18.2. The molecule has 6 fully saturated rings. The van der Waals surface area contributed by atoms with Crippen LogP contribution in [0.3, 0.4) is 0 Å². The molecule has 0 radical (unpaired) electrons. The maximum absolute atomic E-state index is 11.7. The zero-order chi connectivity index (χ0) is 77.1. The first-order chi connectivity index (χ1) is 55.9. The van der Waals surface area contributed by atoms with Gasteiger partial charge in [-0.2, -0.15) is 0 Å². The monoisotopic (exact) mass is 1510 g/mol. The number of pyridine rings is 3. The Hall–Kier alpha value is -11.9. The van der Waals surface area contributed by atoms with Gasteiger partial charge in [0.1, 0.15) is 68.6 Å². The molecule has 6 aromatic carbocycles. The third kappa shape index (κ3) is 14.1. The van der Waals surface area contributed by atoms with Gasteiger partial charge >= 0.3 is 0 Å². The summed E-state index contributed by atoms with van der Waals surface area (Å²) in [4.78, 5) is 70.2. The topological polar surface area (TPSA) is 244 Å². The highest BCUT2D eigenvalue weighted by atomic mass is 16.2. The van der Waals surface area contributed by atoms with Gasteiger partial charge in [-0.25, -0.2) is 44.9 Å². The number of nitrogens with two attached hydrogens (primary N) is 3. The van der Waals surface area contributed by atoms with Crippen LogP contribution in [0.15, 0.2) is 219 Å². The number of hydrogen-bond acceptors (Lipinski definition) is 18. The van der Waals surface area contributed by atoms with Gasteiger partial charge < -0.3 is 31.9 Å². The standard InChI is InChI=1S/C31H31N7O.C31H33N7.C30H31N7/c1-20(39)36-13-15-37(16-14-36)25-17-24(18-25)31-35-28(29-30(32)33-11-12-38(29)31)23-8-7-22-9-10-26(34-27(22)19-23)21-5-3-2-4-6-21;1-2-36-14-16-37(17-15-36)25-18-24(19-25)31-35-28(29-30(32)33-12-13-38(29)31)23-9-8-22-10-11-26(34-27(22)20-23)21-6-4-3-5-7-21;1-35-13-15-36(16-14-35)24-17-23(18-24)30-34-27(28-29(31)32-11-12-37(28)30)22-8-7-21-9-10-25(33-26(21)19-22)20-5-3-2-4-6-20/h2-12,19,24-25H,13-18H2,1H3,(H2,32,33);3-13,20,24-25H,2,14-19H2,1H3,(H2,32,33);2-12,19,23-24H,13-18H2,1H3,(H2,31,32). The van der Waals surface area contributed by atoms with Crippen LogP contribution in [0.4, 0.5) is 17.5 Å². The quantitative estimate of drug-likeness (QED) is 0.0971. The Morgan fingerprint density at radius 2 is 0.675 bits per heavy atom. The number of likely N-dealkylation sites (N-methyl/N-ethyl adjacent to an activating group) is 2. The summed E-state index contributed by atoms with van der Waals surface area (Å²) in [7, 11) is 2.21. The van der Waals surface area contributed by atoms with E-state index in [0.717, 1.165) is 232 Å². The Kier molecular flexibility index (Phi) is 19.6. The number of benzene rings is 6. The molecule has 9 aromatic heterocycles. The Morgan fingerprint density at radius 3 is 0.991 bits per heavy atom. The SMILES string of the molecule is CC(=O)N1CCN(C2CC(c3nc(-c4ccc5ccc(-c6ccccc6)nc5c4)c4c(N)nccn34)C2)CC1.CCN1CCN(C2CC(c3nc(-c4ccc5ccc(-c6ccccc6)nc5c4)c4c(N)nccn34)C2)CC1.CN1CCN(C2CC(c3nc(-c4ccc5ccc(-c6ccccc6)nc5c4)c4c(N)nccn34)C2)CC1. The number of amides is 1. The van der Waals surface area contributed by atoms with Crippen LogP contribution in [0.2, 0.25) is 0 Å². The van der Waals surface area contributed by atoms with E-state index in [9.17, 15) is 4.79 Å². The van der Waals surface area contributed by atoms with Crippen LogP contribution >= 0.6 is 0 Å². The van der Waals surface area contributed by atoms with Crippen LogP contribution < -0.4 is 17.2 Å². The molecule has 15 aromatic rings. The van der Waals surface area contributed by atoms with E-state index < -0.39 is 0 Å². The lowest BCUT2D eigenvalue weighted by Crippen LogP contribution is -2.54. The number of piperazine rings is 3. The minimum absolute atomic E-state index is 0.170. The Balaban J connectivity index is 0.000000115. The molecule has 3 aliphatic carbocycles. The average Bonchev–Trinajstić information content (AvgIpc) is 1.59. The van der Waals surface area contributed by atoms with Crippen molar-refractivity contribution in [2.75, 3.05) is 109 Å². The molecule has 22 heteroatoms. The number of nitrogens with zero attached hydrogens (tertiary/aromatic N) is 18. The fourth-order valence-corrected chi connectivity index (χ4v) is 18.2. The van der Waals surface area contributed by atoms with Crippen molar-refractivity contribution in [3.63, 3.8) is 0 Å². The fraction of sp³-hybridized carbons (Fsp3) is 0.304. The van der Waals surface area contributed by atoms with E-state index in [0.29, 0.717) is 53.3 Å². The van der Waals surface area contributed by atoms with E-state index in [1.165, 1.54) is 26.2 Å². The number of imidazole rings is 3. The molecule has 1 amide bonds. The number of nitrogen functional groups attached to an aromatic ring is 3. The van der Waals surface area contributed by atoms with Crippen molar-refractivity contribution in [3.8, 4) is 67.5 Å². The highest BCUT2D eigenvalue weighted by Gasteiger charge is 2.42. The van der Waals surface area contributed by atoms with Crippen LogP contribution in [0.25, 0.3) is 117 Å². The zero-order valence-corrected chi connectivity index (χ0v) is 64.9. The summed E-state index contributed by atoms with van der Waals surface area (Å²) >= 11 is 0. The molecule has 6 N–H and O–H groups in total. The van der Waals surface area contributed by atoms with Crippen molar-refractivity contribution < 1.29 is 4.79 Å². The molecule has 22 nitrogen and oxygen atoms in total. The summed E-state index contributed by atoms with van der Waals surface area (Å²) in [6.07, 6.45) is 18.0. The van der Waals surface area contributed by atoms with E-state index in [1.54, 1.807) is 25.5 Å². The summed E-state index contributed by atoms with van der Waals surface area (Å²) < 4.78 is 6.47. The molecule has 21 rings (SSSR count). The smallest absolute Gasteiger partial charge is 0.219 e. The molecule has 6 aliphatic rings. The highest BCUT2D eigenvalue weighted by molar-refractivity contribution is 5.95. The third-order valence-corrected chi connectivity index (χ3v) is 25.1. The lowest BCUT2D eigenvalue weighted by Gasteiger charge is -2.46. The maximum atomic E-state index is 11.7. The number of fused-ring (bicyclic) bond motifs is 6. The van der Waals surface area contributed by atoms with Gasteiger partial charge in [-0.3, -0.25) is 32.7 Å². The molecule has 574 valence electrons. The van der Waals surface area contributed by atoms with Crippen molar-refractivity contribution in [1.29, 1.82) is 0 Å². The van der Waals surface area contributed by atoms with Crippen molar-refractivity contribution in [2.45, 2.75) is 88.3 Å². The molecule has 0 unspecified atom stereocenters. The molecule has 0 spiro atoms. The largest absolute Gasteiger partial charge is 0.382 e. The Bertz CT molecular complexity index is 6020. The lowest BCUT2D eigenvalue weighted by molar-refractivity contribution is -0.131. The maximum Gasteiger partial charge on any atom is 0.219 e. The van der Waals surface area contributed by atoms with Gasteiger partial charge in [0.05, 0.1) is 33.6 Å². The Morgan fingerprint density at radius 1 is 0.368 bits per heavy atom. The zero-order valence-electron chi connectivity index (χ0n) is 64.9. The third-order valence-electron chi connectivity index (χ3n) is 25.1. The molecule has 3 saturated heterocycles. The van der Waals surface area contributed by atoms with Gasteiger partial charge in [-0.1, -0.05) is 153 Å². The van der Waals surface area contributed by atoms with Crippen molar-refractivity contribution in [1.82, 2.24) is 87.5 Å². The van der Waals surface area contributed by atoms with E-state index in [-0.39, 0.29) is 5.91 Å². The summed E-state index contributed by atoms with van der Waals surface area (Å²) in [5.74, 6) is 6.11. The van der Waals surface area contributed by atoms with E-state index in [4.69, 9.17) is 47.1 Å². The van der Waals surface area contributed by atoms with E-state index in [1.807, 2.05) is 78.1 Å². The molecule has 0 atom stereocenters. The van der Waals surface area contributed by atoms with Gasteiger partial charge in [-0.15, -0.1) is 0 Å². The number of carbonyl (C=O) groups is 1. The summed E-state index contributed by atoms with van der Waals surface area (Å²) in [6.45, 7) is 17.9. The predicted octanol–water partition coefficient (Wildman–Crippen LogP) is 14.4. The van der Waals surface area contributed by atoms with E-state index >= 15 is 0 Å². The molecule has 3 saturated carbocycles. The molecular formula is C92H95N21O. The molecule has 12 heterocycles. The highest BCUT2D eigenvalue weighted by Crippen LogP contribution is 2.46. The van der Waals surface area contributed by atoms with Crippen LogP contribution in [0.1, 0.15) is 87.6 Å². The van der Waals surface area contributed by atoms with Crippen LogP contribution in [-0.2, 0) is 4.79 Å². The van der Waals surface area contributed by atoms with Gasteiger partial charge in [0, 0.05) is 208 Å². The molecule has 3 aliphatic heterocycles. The number of carbonyl (C=O) groups excluding carboxylic acids is 1. The number of aromatic nitrogens is 12. The Labute approximate surface area is 663 Å². The van der Waals surface area contributed by atoms with Crippen molar-refractivity contribution in [3.05, 3.63) is 237 Å². The minimum atomic E-state index is 0.170. The minimum Gasteiger partial charge on any atom is -0.382 e. The number of rotatable bonds is 13. The average molecular weight is 1510 g/mol. The second kappa shape index (κ2) is 30.9. The van der Waals surface area contributed by atoms with Crippen LogP contribution in [0, 0.1) is 0 Å². The van der Waals surface area contributed by atoms with Gasteiger partial charge in [0.25, 0.3) is 0 Å². The van der Waals surface area contributed by atoms with Gasteiger partial charge in [0.2, 0.25) is 5.91 Å². The van der Waals surface area contributed by atoms with Crippen LogP contribution in [-0.4, -0.2) is 204 Å². The number of hydrogen-bond donors (Lipinski definition) is 3. The van der Waals surface area contributed by atoms with Crippen molar-refractivity contribution in [2.24, 2.45) is 0 Å². The number of anilines is 3. The first-order valence-corrected chi connectivity index (χ1v) is 40.5. The summed E-state index contributed by atoms with van der Waals surface area (Å²) in [6, 6.07) is 64.3. The first-order valence-electron chi connectivity index (χ1n) is 40.5. The molecule has 0 bridgehead atoms. The second-order valence-electron chi connectivity index (χ2n) is 31.8.